The van der Waals surface area contributed by atoms with E-state index in [4.69, 9.17) is 9.84 Å². The topological polar surface area (TPSA) is 90.9 Å². The molecule has 0 aromatic carbocycles. The van der Waals surface area contributed by atoms with Gasteiger partial charge in [-0.3, -0.25) is 9.69 Å². The van der Waals surface area contributed by atoms with Crippen LogP contribution in [0.4, 0.5) is 4.79 Å². The Morgan fingerprint density at radius 1 is 1.45 bits per heavy atom. The molecule has 7 heteroatoms. The first-order valence-electron chi connectivity index (χ1n) is 7.05. The highest BCUT2D eigenvalue weighted by Gasteiger charge is 2.22. The number of carboxylic acids is 1. The van der Waals surface area contributed by atoms with Gasteiger partial charge in [-0.05, 0) is 20.4 Å². The molecule has 0 aromatic heterocycles. The molecule has 3 N–H and O–H groups in total. The van der Waals surface area contributed by atoms with Crippen LogP contribution >= 0.6 is 0 Å². The van der Waals surface area contributed by atoms with Crippen LogP contribution in [0.1, 0.15) is 20.8 Å². The minimum atomic E-state index is -0.924. The molecule has 7 nitrogen and oxygen atoms in total. The summed E-state index contributed by atoms with van der Waals surface area (Å²) < 4.78 is 5.57. The van der Waals surface area contributed by atoms with E-state index in [0.717, 1.165) is 19.6 Å². The van der Waals surface area contributed by atoms with Gasteiger partial charge in [-0.2, -0.15) is 0 Å². The maximum atomic E-state index is 11.7. The maximum absolute atomic E-state index is 11.7. The Morgan fingerprint density at radius 2 is 2.15 bits per heavy atom. The first kappa shape index (κ1) is 16.7. The van der Waals surface area contributed by atoms with Crippen molar-refractivity contribution >= 4 is 12.0 Å². The lowest BCUT2D eigenvalue weighted by molar-refractivity contribution is -0.141. The van der Waals surface area contributed by atoms with Gasteiger partial charge in [0.15, 0.2) is 0 Å². The van der Waals surface area contributed by atoms with Gasteiger partial charge in [0.2, 0.25) is 0 Å². The molecule has 1 fully saturated rings. The standard InChI is InChI=1S/C13H25N3O4/c1-4-16-5-6-20-11(8-16)7-14-13(19)15-10(3)9(2)12(17)18/h9-11H,4-8H2,1-3H3,(H,17,18)(H2,14,15,19). The molecule has 116 valence electrons. The minimum absolute atomic E-state index is 0.0124. The van der Waals surface area contributed by atoms with Gasteiger partial charge < -0.3 is 20.5 Å². The zero-order valence-corrected chi connectivity index (χ0v) is 12.4. The second kappa shape index (κ2) is 8.06. The highest BCUT2D eigenvalue weighted by Crippen LogP contribution is 2.04. The van der Waals surface area contributed by atoms with Crippen LogP contribution in [0, 0.1) is 5.92 Å². The molecule has 1 aliphatic rings. The maximum Gasteiger partial charge on any atom is 0.315 e. The summed E-state index contributed by atoms with van der Waals surface area (Å²) in [6.45, 7) is 9.14. The van der Waals surface area contributed by atoms with Crippen molar-refractivity contribution in [1.29, 1.82) is 0 Å². The molecule has 1 rings (SSSR count). The van der Waals surface area contributed by atoms with E-state index in [-0.39, 0.29) is 12.1 Å². The Balaban J connectivity index is 2.27. The van der Waals surface area contributed by atoms with Crippen LogP contribution in [0.2, 0.25) is 0 Å². The quantitative estimate of drug-likeness (QED) is 0.645. The largest absolute Gasteiger partial charge is 0.481 e. The molecule has 1 saturated heterocycles. The summed E-state index contributed by atoms with van der Waals surface area (Å²) >= 11 is 0. The third kappa shape index (κ3) is 5.34. The van der Waals surface area contributed by atoms with Gasteiger partial charge in [0.05, 0.1) is 18.6 Å². The van der Waals surface area contributed by atoms with Crippen LogP contribution < -0.4 is 10.6 Å². The summed E-state index contributed by atoms with van der Waals surface area (Å²) in [5.41, 5.74) is 0. The monoisotopic (exact) mass is 287 g/mol. The van der Waals surface area contributed by atoms with Crippen LogP contribution in [0.15, 0.2) is 0 Å². The number of hydrogen-bond acceptors (Lipinski definition) is 4. The lowest BCUT2D eigenvalue weighted by Gasteiger charge is -2.32. The van der Waals surface area contributed by atoms with Crippen LogP contribution in [0.5, 0.6) is 0 Å². The smallest absolute Gasteiger partial charge is 0.315 e. The van der Waals surface area contributed by atoms with Crippen LogP contribution in [0.3, 0.4) is 0 Å². The second-order valence-electron chi connectivity index (χ2n) is 5.16. The average Bonchev–Trinajstić information content (AvgIpc) is 2.44. The van der Waals surface area contributed by atoms with Crippen molar-refractivity contribution in [3.8, 4) is 0 Å². The Labute approximate surface area is 119 Å². The van der Waals surface area contributed by atoms with Gasteiger partial charge in [-0.15, -0.1) is 0 Å². The number of ether oxygens (including phenoxy) is 1. The van der Waals surface area contributed by atoms with E-state index >= 15 is 0 Å². The van der Waals surface area contributed by atoms with Crippen molar-refractivity contribution in [3.63, 3.8) is 0 Å². The zero-order valence-electron chi connectivity index (χ0n) is 12.4. The number of aliphatic carboxylic acids is 1. The molecular formula is C13H25N3O4. The molecule has 0 aromatic rings. The van der Waals surface area contributed by atoms with Crippen molar-refractivity contribution in [2.24, 2.45) is 5.92 Å². The lowest BCUT2D eigenvalue weighted by Crippen LogP contribution is -2.51. The number of likely N-dealkylation sites (N-methyl/N-ethyl adjacent to an activating group) is 1. The van der Waals surface area contributed by atoms with E-state index < -0.39 is 17.9 Å². The summed E-state index contributed by atoms with van der Waals surface area (Å²) in [6, 6.07) is -0.783. The highest BCUT2D eigenvalue weighted by molar-refractivity contribution is 5.76. The summed E-state index contributed by atoms with van der Waals surface area (Å²) in [5, 5.41) is 14.2. The Morgan fingerprint density at radius 3 is 2.75 bits per heavy atom. The molecular weight excluding hydrogens is 262 g/mol. The highest BCUT2D eigenvalue weighted by atomic mass is 16.5. The molecule has 3 unspecified atom stereocenters. The first-order valence-corrected chi connectivity index (χ1v) is 7.05. The molecule has 1 aliphatic heterocycles. The minimum Gasteiger partial charge on any atom is -0.481 e. The molecule has 20 heavy (non-hydrogen) atoms. The van der Waals surface area contributed by atoms with Crippen molar-refractivity contribution in [1.82, 2.24) is 15.5 Å². The number of urea groups is 1. The van der Waals surface area contributed by atoms with E-state index in [1.54, 1.807) is 13.8 Å². The number of hydrogen-bond donors (Lipinski definition) is 3. The van der Waals surface area contributed by atoms with E-state index in [2.05, 4.69) is 22.5 Å². The summed E-state index contributed by atoms with van der Waals surface area (Å²) in [7, 11) is 0. The number of amides is 2. The van der Waals surface area contributed by atoms with Gasteiger partial charge in [0, 0.05) is 25.7 Å². The fraction of sp³-hybridized carbons (Fsp3) is 0.846. The van der Waals surface area contributed by atoms with Crippen molar-refractivity contribution in [2.75, 3.05) is 32.8 Å². The van der Waals surface area contributed by atoms with E-state index in [1.807, 2.05) is 0 Å². The number of rotatable bonds is 6. The first-order chi connectivity index (χ1) is 9.43. The average molecular weight is 287 g/mol. The van der Waals surface area contributed by atoms with Gasteiger partial charge in [0.25, 0.3) is 0 Å². The summed E-state index contributed by atoms with van der Waals surface area (Å²) in [6.07, 6.45) is -0.0124. The number of nitrogens with one attached hydrogen (secondary N) is 2. The molecule has 1 heterocycles. The summed E-state index contributed by atoms with van der Waals surface area (Å²) in [5.74, 6) is -1.55. The molecule has 0 bridgehead atoms. The van der Waals surface area contributed by atoms with Gasteiger partial charge in [-0.25, -0.2) is 4.79 Å². The van der Waals surface area contributed by atoms with Gasteiger partial charge in [0.1, 0.15) is 0 Å². The van der Waals surface area contributed by atoms with E-state index in [9.17, 15) is 9.59 Å². The second-order valence-corrected chi connectivity index (χ2v) is 5.16. The van der Waals surface area contributed by atoms with Crippen molar-refractivity contribution in [2.45, 2.75) is 32.9 Å². The van der Waals surface area contributed by atoms with Crippen molar-refractivity contribution in [3.05, 3.63) is 0 Å². The number of morpholine rings is 1. The Kier molecular flexibility index (Phi) is 6.74. The number of carbonyl (C=O) groups is 2. The molecule has 2 amide bonds. The van der Waals surface area contributed by atoms with E-state index in [1.165, 1.54) is 0 Å². The predicted octanol–water partition coefficient (Wildman–Crippen LogP) is 0.116. The normalized spacial score (nSPS) is 22.9. The Bertz CT molecular complexity index is 338. The SMILES string of the molecule is CCN1CCOC(CNC(=O)NC(C)C(C)C(=O)O)C1. The molecule has 3 atom stereocenters. The third-order valence-corrected chi connectivity index (χ3v) is 3.66. The molecule has 0 aliphatic carbocycles. The molecule has 0 radical (unpaired) electrons. The number of carboxylic acid groups (broad SMARTS) is 1. The predicted molar refractivity (Wildman–Crippen MR) is 74.7 cm³/mol. The molecule has 0 saturated carbocycles. The van der Waals surface area contributed by atoms with Crippen molar-refractivity contribution < 1.29 is 19.4 Å². The van der Waals surface area contributed by atoms with E-state index in [0.29, 0.717) is 13.2 Å². The number of carbonyl (C=O) groups excluding carboxylic acids is 1. The third-order valence-electron chi connectivity index (χ3n) is 3.66. The van der Waals surface area contributed by atoms with Crippen LogP contribution in [-0.2, 0) is 9.53 Å². The van der Waals surface area contributed by atoms with Gasteiger partial charge >= 0.3 is 12.0 Å². The van der Waals surface area contributed by atoms with Gasteiger partial charge in [-0.1, -0.05) is 6.92 Å². The van der Waals surface area contributed by atoms with Crippen LogP contribution in [0.25, 0.3) is 0 Å². The fourth-order valence-corrected chi connectivity index (χ4v) is 1.99. The summed E-state index contributed by atoms with van der Waals surface area (Å²) in [4.78, 5) is 24.8. The fourth-order valence-electron chi connectivity index (χ4n) is 1.99. The molecule has 0 spiro atoms. The Hall–Kier alpha value is -1.34. The lowest BCUT2D eigenvalue weighted by atomic mass is 10.0. The zero-order chi connectivity index (χ0) is 15.1. The van der Waals surface area contributed by atoms with Crippen LogP contribution in [-0.4, -0.2) is 66.9 Å². The number of nitrogens with zero attached hydrogens (tertiary/aromatic N) is 1.